The second-order valence-corrected chi connectivity index (χ2v) is 6.90. The van der Waals surface area contributed by atoms with Gasteiger partial charge in [-0.15, -0.1) is 0 Å². The van der Waals surface area contributed by atoms with E-state index < -0.39 is 11.8 Å². The van der Waals surface area contributed by atoms with Gasteiger partial charge < -0.3 is 16.0 Å². The van der Waals surface area contributed by atoms with Crippen molar-refractivity contribution >= 4 is 62.5 Å². The van der Waals surface area contributed by atoms with Crippen molar-refractivity contribution in [3.8, 4) is 0 Å². The predicted octanol–water partition coefficient (Wildman–Crippen LogP) is 3.24. The van der Waals surface area contributed by atoms with Gasteiger partial charge in [-0.1, -0.05) is 39.1 Å². The fourth-order valence-electron chi connectivity index (χ4n) is 1.91. The lowest BCUT2D eigenvalue weighted by molar-refractivity contribution is -0.123. The maximum Gasteiger partial charge on any atom is 0.253 e. The summed E-state index contributed by atoms with van der Waals surface area (Å²) in [5.41, 5.74) is 0.815. The molecule has 0 unspecified atom stereocenters. The maximum atomic E-state index is 12.0. The SMILES string of the molecule is O=C(CNC(=O)c1ccc(Cl)cc1Cl)NCC(=O)Nc1ccc(Br)cc1. The Kier molecular flexibility index (Phi) is 7.44. The lowest BCUT2D eigenvalue weighted by Crippen LogP contribution is -2.40. The third kappa shape index (κ3) is 6.33. The number of halogens is 3. The Bertz CT molecular complexity index is 829. The van der Waals surface area contributed by atoms with Crippen molar-refractivity contribution in [2.75, 3.05) is 18.4 Å². The van der Waals surface area contributed by atoms with Crippen molar-refractivity contribution in [1.29, 1.82) is 0 Å². The summed E-state index contributed by atoms with van der Waals surface area (Å²) in [6, 6.07) is 11.4. The first-order chi connectivity index (χ1) is 12.3. The fourth-order valence-corrected chi connectivity index (χ4v) is 2.67. The molecule has 0 heterocycles. The van der Waals surface area contributed by atoms with Gasteiger partial charge in [-0.2, -0.15) is 0 Å². The van der Waals surface area contributed by atoms with E-state index in [1.807, 2.05) is 0 Å². The zero-order chi connectivity index (χ0) is 19.1. The Hall–Kier alpha value is -2.09. The molecule has 6 nitrogen and oxygen atoms in total. The van der Waals surface area contributed by atoms with E-state index in [0.29, 0.717) is 10.7 Å². The number of hydrogen-bond donors (Lipinski definition) is 3. The van der Waals surface area contributed by atoms with Crippen molar-refractivity contribution in [2.24, 2.45) is 0 Å². The van der Waals surface area contributed by atoms with Crippen molar-refractivity contribution in [1.82, 2.24) is 10.6 Å². The van der Waals surface area contributed by atoms with Crippen LogP contribution in [0.15, 0.2) is 46.9 Å². The average molecular weight is 459 g/mol. The highest BCUT2D eigenvalue weighted by atomic mass is 79.9. The molecule has 0 saturated carbocycles. The van der Waals surface area contributed by atoms with E-state index in [1.165, 1.54) is 18.2 Å². The Morgan fingerprint density at radius 3 is 2.19 bits per heavy atom. The molecule has 0 atom stereocenters. The zero-order valence-corrected chi connectivity index (χ0v) is 16.4. The van der Waals surface area contributed by atoms with Crippen molar-refractivity contribution in [3.05, 3.63) is 62.5 Å². The molecule has 2 rings (SSSR count). The van der Waals surface area contributed by atoms with Gasteiger partial charge in [0.2, 0.25) is 11.8 Å². The van der Waals surface area contributed by atoms with Gasteiger partial charge in [0.1, 0.15) is 0 Å². The van der Waals surface area contributed by atoms with E-state index in [2.05, 4.69) is 31.9 Å². The largest absolute Gasteiger partial charge is 0.345 e. The third-order valence-corrected chi connectivity index (χ3v) is 4.24. The highest BCUT2D eigenvalue weighted by Gasteiger charge is 2.12. The number of rotatable bonds is 6. The molecule has 9 heteroatoms. The van der Waals surface area contributed by atoms with Gasteiger partial charge in [-0.3, -0.25) is 14.4 Å². The van der Waals surface area contributed by atoms with Crippen molar-refractivity contribution in [3.63, 3.8) is 0 Å². The van der Waals surface area contributed by atoms with E-state index in [9.17, 15) is 14.4 Å². The molecule has 26 heavy (non-hydrogen) atoms. The first-order valence-electron chi connectivity index (χ1n) is 7.40. The van der Waals surface area contributed by atoms with E-state index in [-0.39, 0.29) is 29.6 Å². The van der Waals surface area contributed by atoms with E-state index in [1.54, 1.807) is 24.3 Å². The highest BCUT2D eigenvalue weighted by molar-refractivity contribution is 9.10. The number of hydrogen-bond acceptors (Lipinski definition) is 3. The maximum absolute atomic E-state index is 12.0. The normalized spacial score (nSPS) is 10.1. The smallest absolute Gasteiger partial charge is 0.253 e. The van der Waals surface area contributed by atoms with Gasteiger partial charge >= 0.3 is 0 Å². The summed E-state index contributed by atoms with van der Waals surface area (Å²) >= 11 is 15.0. The molecule has 0 fully saturated rings. The molecule has 136 valence electrons. The molecule has 0 aliphatic carbocycles. The zero-order valence-electron chi connectivity index (χ0n) is 13.3. The van der Waals surface area contributed by atoms with Gasteiger partial charge in [-0.25, -0.2) is 0 Å². The molecule has 0 aromatic heterocycles. The molecule has 2 aromatic carbocycles. The van der Waals surface area contributed by atoms with Crippen LogP contribution < -0.4 is 16.0 Å². The predicted molar refractivity (Wildman–Crippen MR) is 105 cm³/mol. The quantitative estimate of drug-likeness (QED) is 0.620. The van der Waals surface area contributed by atoms with Crippen LogP contribution in [0, 0.1) is 0 Å². The lowest BCUT2D eigenvalue weighted by atomic mass is 10.2. The molecule has 0 bridgehead atoms. The molecule has 0 spiro atoms. The Morgan fingerprint density at radius 2 is 1.54 bits per heavy atom. The lowest BCUT2D eigenvalue weighted by Gasteiger charge is -2.09. The molecular formula is C17H14BrCl2N3O3. The van der Waals surface area contributed by atoms with Crippen LogP contribution in [0.25, 0.3) is 0 Å². The van der Waals surface area contributed by atoms with Gasteiger partial charge in [0.15, 0.2) is 0 Å². The van der Waals surface area contributed by atoms with Crippen LogP contribution in [0.4, 0.5) is 5.69 Å². The number of benzene rings is 2. The number of anilines is 1. The number of carbonyl (C=O) groups excluding carboxylic acids is 3. The minimum atomic E-state index is -0.513. The van der Waals surface area contributed by atoms with Crippen LogP contribution in [0.3, 0.4) is 0 Å². The second kappa shape index (κ2) is 9.56. The first-order valence-corrected chi connectivity index (χ1v) is 8.95. The van der Waals surface area contributed by atoms with Crippen LogP contribution in [-0.2, 0) is 9.59 Å². The summed E-state index contributed by atoms with van der Waals surface area (Å²) in [4.78, 5) is 35.5. The van der Waals surface area contributed by atoms with Crippen LogP contribution in [-0.4, -0.2) is 30.8 Å². The summed E-state index contributed by atoms with van der Waals surface area (Å²) in [6.07, 6.45) is 0. The Labute approximate surface area is 168 Å². The van der Waals surface area contributed by atoms with Crippen molar-refractivity contribution in [2.45, 2.75) is 0 Å². The van der Waals surface area contributed by atoms with Gasteiger partial charge in [-0.05, 0) is 42.5 Å². The van der Waals surface area contributed by atoms with Crippen LogP contribution in [0.2, 0.25) is 10.0 Å². The molecule has 0 aliphatic heterocycles. The van der Waals surface area contributed by atoms with E-state index in [0.717, 1.165) is 4.47 Å². The minimum absolute atomic E-state index is 0.185. The van der Waals surface area contributed by atoms with Crippen molar-refractivity contribution < 1.29 is 14.4 Å². The first kappa shape index (κ1) is 20.2. The van der Waals surface area contributed by atoms with E-state index in [4.69, 9.17) is 23.2 Å². The summed E-state index contributed by atoms with van der Waals surface area (Å²) < 4.78 is 0.889. The Morgan fingerprint density at radius 1 is 0.885 bits per heavy atom. The molecule has 0 radical (unpaired) electrons. The van der Waals surface area contributed by atoms with Gasteiger partial charge in [0, 0.05) is 15.2 Å². The standard InChI is InChI=1S/C17H14BrCl2N3O3/c18-10-1-4-12(5-2-10)23-16(25)9-21-15(24)8-22-17(26)13-6-3-11(19)7-14(13)20/h1-7H,8-9H2,(H,21,24)(H,22,26)(H,23,25). The molecule has 3 N–H and O–H groups in total. The second-order valence-electron chi connectivity index (χ2n) is 5.14. The molecule has 3 amide bonds. The van der Waals surface area contributed by atoms with Crippen LogP contribution in [0.5, 0.6) is 0 Å². The fraction of sp³-hybridized carbons (Fsp3) is 0.118. The van der Waals surface area contributed by atoms with Gasteiger partial charge in [0.25, 0.3) is 5.91 Å². The summed E-state index contributed by atoms with van der Waals surface area (Å²) in [7, 11) is 0. The molecular weight excluding hydrogens is 445 g/mol. The summed E-state index contributed by atoms with van der Waals surface area (Å²) in [5.74, 6) is -1.40. The minimum Gasteiger partial charge on any atom is -0.345 e. The summed E-state index contributed by atoms with van der Waals surface area (Å²) in [5, 5.41) is 8.06. The van der Waals surface area contributed by atoms with E-state index >= 15 is 0 Å². The molecule has 0 aliphatic rings. The van der Waals surface area contributed by atoms with Crippen LogP contribution in [0.1, 0.15) is 10.4 Å². The molecule has 0 saturated heterocycles. The molecule has 2 aromatic rings. The van der Waals surface area contributed by atoms with Crippen LogP contribution >= 0.6 is 39.1 Å². The topological polar surface area (TPSA) is 87.3 Å². The number of amides is 3. The third-order valence-electron chi connectivity index (χ3n) is 3.16. The Balaban J connectivity index is 1.75. The number of nitrogens with one attached hydrogen (secondary N) is 3. The highest BCUT2D eigenvalue weighted by Crippen LogP contribution is 2.20. The number of carbonyl (C=O) groups is 3. The monoisotopic (exact) mass is 457 g/mol. The van der Waals surface area contributed by atoms with Gasteiger partial charge in [0.05, 0.1) is 23.7 Å². The average Bonchev–Trinajstić information content (AvgIpc) is 2.60. The summed E-state index contributed by atoms with van der Waals surface area (Å²) in [6.45, 7) is -0.504.